The molecular weight excluding hydrogens is 269 g/mol. The van der Waals surface area contributed by atoms with E-state index < -0.39 is 12.7 Å². The zero-order valence-corrected chi connectivity index (χ0v) is 12.3. The van der Waals surface area contributed by atoms with Gasteiger partial charge in [0.15, 0.2) is 5.96 Å². The van der Waals surface area contributed by atoms with Crippen molar-refractivity contribution in [3.05, 3.63) is 0 Å². The van der Waals surface area contributed by atoms with E-state index in [1.54, 1.807) is 0 Å². The summed E-state index contributed by atoms with van der Waals surface area (Å²) >= 11 is 0. The minimum absolute atomic E-state index is 0.0387. The van der Waals surface area contributed by atoms with Crippen molar-refractivity contribution in [2.24, 2.45) is 4.99 Å². The van der Waals surface area contributed by atoms with Crippen LogP contribution in [0.2, 0.25) is 0 Å². The Morgan fingerprint density at radius 3 is 2.70 bits per heavy atom. The highest BCUT2D eigenvalue weighted by Crippen LogP contribution is 2.19. The molecule has 0 amide bonds. The molecule has 1 aliphatic rings. The summed E-state index contributed by atoms with van der Waals surface area (Å²) in [4.78, 5) is 5.86. The number of halogens is 3. The first-order valence-electron chi connectivity index (χ1n) is 7.28. The lowest BCUT2D eigenvalue weighted by Gasteiger charge is -2.19. The maximum Gasteiger partial charge on any atom is 0.401 e. The molecule has 0 aliphatic carbocycles. The molecule has 0 spiro atoms. The molecule has 1 rings (SSSR count). The predicted molar refractivity (Wildman–Crippen MR) is 74.9 cm³/mol. The van der Waals surface area contributed by atoms with Crippen molar-refractivity contribution in [2.45, 2.75) is 45.3 Å². The van der Waals surface area contributed by atoms with Crippen molar-refractivity contribution in [1.82, 2.24) is 15.5 Å². The third-order valence-electron chi connectivity index (χ3n) is 3.14. The zero-order chi connectivity index (χ0) is 15.0. The molecule has 4 nitrogen and oxygen atoms in total. The van der Waals surface area contributed by atoms with E-state index in [-0.39, 0.29) is 6.04 Å². The first kappa shape index (κ1) is 17.1. The van der Waals surface area contributed by atoms with Gasteiger partial charge in [0.05, 0.1) is 6.54 Å². The van der Waals surface area contributed by atoms with Crippen molar-refractivity contribution in [1.29, 1.82) is 0 Å². The number of hydrogen-bond donors (Lipinski definition) is 2. The minimum Gasteiger partial charge on any atom is -0.357 e. The van der Waals surface area contributed by atoms with Crippen molar-refractivity contribution in [3.8, 4) is 0 Å². The maximum atomic E-state index is 12.3. The summed E-state index contributed by atoms with van der Waals surface area (Å²) in [6.07, 6.45) is -1.31. The molecule has 0 aromatic heterocycles. The van der Waals surface area contributed by atoms with Crippen LogP contribution in [0.4, 0.5) is 13.2 Å². The standard InChI is InChI=1S/C13H25F3N4/c1-3-5-7-18-12(17-4-2)19-11-6-8-20(9-11)10-13(14,15)16/h11H,3-10H2,1-2H3,(H2,17,18,19). The fourth-order valence-corrected chi connectivity index (χ4v) is 2.21. The number of hydrogen-bond acceptors (Lipinski definition) is 2. The molecule has 2 N–H and O–H groups in total. The molecule has 0 radical (unpaired) electrons. The van der Waals surface area contributed by atoms with Crippen LogP contribution in [0.1, 0.15) is 33.1 Å². The van der Waals surface area contributed by atoms with Gasteiger partial charge in [-0.3, -0.25) is 9.89 Å². The number of nitrogens with zero attached hydrogens (tertiary/aromatic N) is 2. The molecule has 0 saturated carbocycles. The molecule has 1 fully saturated rings. The highest BCUT2D eigenvalue weighted by Gasteiger charge is 2.34. The number of unbranched alkanes of at least 4 members (excludes halogenated alkanes) is 1. The third kappa shape index (κ3) is 6.98. The van der Waals surface area contributed by atoms with Gasteiger partial charge in [-0.2, -0.15) is 13.2 Å². The molecular formula is C13H25F3N4. The van der Waals surface area contributed by atoms with Gasteiger partial charge in [-0.15, -0.1) is 0 Å². The number of guanidine groups is 1. The third-order valence-corrected chi connectivity index (χ3v) is 3.14. The topological polar surface area (TPSA) is 39.7 Å². The average molecular weight is 294 g/mol. The van der Waals surface area contributed by atoms with E-state index in [4.69, 9.17) is 0 Å². The number of rotatable bonds is 6. The molecule has 1 heterocycles. The van der Waals surface area contributed by atoms with Gasteiger partial charge < -0.3 is 10.6 Å². The van der Waals surface area contributed by atoms with E-state index in [1.807, 2.05) is 6.92 Å². The van der Waals surface area contributed by atoms with Gasteiger partial charge in [0.2, 0.25) is 0 Å². The smallest absolute Gasteiger partial charge is 0.357 e. The van der Waals surface area contributed by atoms with Gasteiger partial charge in [0.25, 0.3) is 0 Å². The average Bonchev–Trinajstić information content (AvgIpc) is 2.74. The van der Waals surface area contributed by atoms with Crippen LogP contribution in [0.3, 0.4) is 0 Å². The molecule has 0 bridgehead atoms. The normalized spacial score (nSPS) is 21.2. The number of likely N-dealkylation sites (tertiary alicyclic amines) is 1. The van der Waals surface area contributed by atoms with Gasteiger partial charge in [0.1, 0.15) is 0 Å². The Labute approximate surface area is 118 Å². The van der Waals surface area contributed by atoms with Crippen molar-refractivity contribution >= 4 is 5.96 Å². The second-order valence-corrected chi connectivity index (χ2v) is 5.09. The summed E-state index contributed by atoms with van der Waals surface area (Å²) < 4.78 is 37.0. The van der Waals surface area contributed by atoms with Crippen LogP contribution in [-0.2, 0) is 0 Å². The summed E-state index contributed by atoms with van der Waals surface area (Å²) in [5.74, 6) is 0.708. The van der Waals surface area contributed by atoms with E-state index in [9.17, 15) is 13.2 Å². The number of aliphatic imine (C=N–C) groups is 1. The zero-order valence-electron chi connectivity index (χ0n) is 12.3. The minimum atomic E-state index is -4.12. The Balaban J connectivity index is 2.40. The summed E-state index contributed by atoms with van der Waals surface area (Å²) in [5.41, 5.74) is 0. The second-order valence-electron chi connectivity index (χ2n) is 5.09. The molecule has 1 saturated heterocycles. The van der Waals surface area contributed by atoms with Crippen LogP contribution >= 0.6 is 0 Å². The van der Waals surface area contributed by atoms with Gasteiger partial charge in [0, 0.05) is 32.2 Å². The van der Waals surface area contributed by atoms with Gasteiger partial charge in [-0.05, 0) is 19.8 Å². The lowest BCUT2D eigenvalue weighted by molar-refractivity contribution is -0.143. The summed E-state index contributed by atoms with van der Waals surface area (Å²) in [7, 11) is 0. The Hall–Kier alpha value is -0.980. The van der Waals surface area contributed by atoms with Gasteiger partial charge >= 0.3 is 6.18 Å². The summed E-state index contributed by atoms with van der Waals surface area (Å²) in [6.45, 7) is 5.63. The molecule has 0 aromatic rings. The van der Waals surface area contributed by atoms with E-state index in [1.165, 1.54) is 4.90 Å². The highest BCUT2D eigenvalue weighted by atomic mass is 19.4. The lowest BCUT2D eigenvalue weighted by atomic mass is 10.3. The van der Waals surface area contributed by atoms with Crippen molar-refractivity contribution in [3.63, 3.8) is 0 Å². The van der Waals surface area contributed by atoms with E-state index in [0.29, 0.717) is 25.5 Å². The molecule has 0 aromatic carbocycles. The molecule has 1 atom stereocenters. The Morgan fingerprint density at radius 2 is 2.10 bits per heavy atom. The van der Waals surface area contributed by atoms with E-state index in [2.05, 4.69) is 22.5 Å². The monoisotopic (exact) mass is 294 g/mol. The van der Waals surface area contributed by atoms with Crippen molar-refractivity contribution < 1.29 is 13.2 Å². The van der Waals surface area contributed by atoms with Crippen LogP contribution in [0.25, 0.3) is 0 Å². The van der Waals surface area contributed by atoms with Gasteiger partial charge in [-0.25, -0.2) is 0 Å². The first-order chi connectivity index (χ1) is 9.44. The Kier molecular flexibility index (Phi) is 7.12. The van der Waals surface area contributed by atoms with Crippen LogP contribution in [0, 0.1) is 0 Å². The SMILES string of the molecule is CCCCN=C(NCC)NC1CCN(CC(F)(F)F)C1. The molecule has 20 heavy (non-hydrogen) atoms. The quantitative estimate of drug-likeness (QED) is 0.447. The number of nitrogens with one attached hydrogen (secondary N) is 2. The fourth-order valence-electron chi connectivity index (χ4n) is 2.21. The number of alkyl halides is 3. The largest absolute Gasteiger partial charge is 0.401 e. The molecule has 118 valence electrons. The van der Waals surface area contributed by atoms with Crippen LogP contribution in [0.15, 0.2) is 4.99 Å². The molecule has 7 heteroatoms. The van der Waals surface area contributed by atoms with Crippen LogP contribution in [-0.4, -0.2) is 55.8 Å². The first-order valence-corrected chi connectivity index (χ1v) is 7.28. The fraction of sp³-hybridized carbons (Fsp3) is 0.923. The Morgan fingerprint density at radius 1 is 1.35 bits per heavy atom. The van der Waals surface area contributed by atoms with E-state index >= 15 is 0 Å². The molecule has 1 aliphatic heterocycles. The second kappa shape index (κ2) is 8.34. The van der Waals surface area contributed by atoms with Crippen LogP contribution < -0.4 is 10.6 Å². The molecule has 1 unspecified atom stereocenters. The van der Waals surface area contributed by atoms with Crippen molar-refractivity contribution in [2.75, 3.05) is 32.7 Å². The summed E-state index contributed by atoms with van der Waals surface area (Å²) in [5, 5.41) is 6.35. The Bertz CT molecular complexity index is 304. The highest BCUT2D eigenvalue weighted by molar-refractivity contribution is 5.80. The van der Waals surface area contributed by atoms with E-state index in [0.717, 1.165) is 25.9 Å². The van der Waals surface area contributed by atoms with Gasteiger partial charge in [-0.1, -0.05) is 13.3 Å². The van der Waals surface area contributed by atoms with Crippen LogP contribution in [0.5, 0.6) is 0 Å². The maximum absolute atomic E-state index is 12.3. The summed E-state index contributed by atoms with van der Waals surface area (Å²) in [6, 6.07) is 0.0387. The lowest BCUT2D eigenvalue weighted by Crippen LogP contribution is -2.45. The predicted octanol–water partition coefficient (Wildman–Crippen LogP) is 1.98.